The summed E-state index contributed by atoms with van der Waals surface area (Å²) in [5.74, 6) is 0.159. The minimum absolute atomic E-state index is 0.388. The van der Waals surface area contributed by atoms with E-state index in [1.54, 1.807) is 37.3 Å². The van der Waals surface area contributed by atoms with Gasteiger partial charge in [0.1, 0.15) is 5.75 Å². The first-order valence-electron chi connectivity index (χ1n) is 4.61. The summed E-state index contributed by atoms with van der Waals surface area (Å²) in [6.45, 7) is 10.3. The Hall–Kier alpha value is -1.83. The maximum Gasteiger partial charge on any atom is 0.338 e. The van der Waals surface area contributed by atoms with E-state index < -0.39 is 0 Å². The second kappa shape index (κ2) is 7.56. The van der Waals surface area contributed by atoms with E-state index in [0.717, 1.165) is 0 Å². The summed E-state index contributed by atoms with van der Waals surface area (Å²) in [4.78, 5) is 11.0. The second-order valence-electron chi connectivity index (χ2n) is 2.89. The monoisotopic (exact) mass is 204 g/mol. The van der Waals surface area contributed by atoms with Crippen LogP contribution in [0.25, 0.3) is 0 Å². The summed E-state index contributed by atoms with van der Waals surface area (Å²) >= 11 is 0. The number of carbonyl (C=O) groups excluding carboxylic acids is 1. The van der Waals surface area contributed by atoms with Crippen LogP contribution in [0.3, 0.4) is 0 Å². The summed E-state index contributed by atoms with van der Waals surface area (Å²) in [7, 11) is 0. The van der Waals surface area contributed by atoms with Crippen LogP contribution in [-0.2, 0) is 4.79 Å². The first-order chi connectivity index (χ1) is 7.11. The normalized spacial score (nSPS) is 8.13. The first-order valence-corrected chi connectivity index (χ1v) is 4.61. The summed E-state index contributed by atoms with van der Waals surface area (Å²) in [5, 5.41) is 0. The van der Waals surface area contributed by atoms with Gasteiger partial charge in [0.05, 0.1) is 0 Å². The lowest BCUT2D eigenvalue weighted by Gasteiger charge is -2.01. The molecule has 0 aliphatic rings. The molecule has 2 nitrogen and oxygen atoms in total. The minimum Gasteiger partial charge on any atom is -0.423 e. The summed E-state index contributed by atoms with van der Waals surface area (Å²) in [5.41, 5.74) is 0.402. The summed E-state index contributed by atoms with van der Waals surface area (Å²) in [6.07, 6.45) is 1.75. The zero-order chi connectivity index (χ0) is 11.7. The largest absolute Gasteiger partial charge is 0.423 e. The van der Waals surface area contributed by atoms with E-state index in [-0.39, 0.29) is 5.97 Å². The Bertz CT molecular complexity index is 326. The zero-order valence-electron chi connectivity index (χ0n) is 9.19. The van der Waals surface area contributed by atoms with Crippen molar-refractivity contribution < 1.29 is 9.53 Å². The molecule has 0 heterocycles. The smallest absolute Gasteiger partial charge is 0.338 e. The molecule has 0 bridgehead atoms. The lowest BCUT2D eigenvalue weighted by Crippen LogP contribution is -2.07. The molecule has 1 rings (SSSR count). The average molecular weight is 204 g/mol. The molecule has 80 valence electrons. The highest BCUT2D eigenvalue weighted by atomic mass is 16.5. The molecule has 0 atom stereocenters. The Morgan fingerprint density at radius 3 is 2.20 bits per heavy atom. The van der Waals surface area contributed by atoms with E-state index in [2.05, 4.69) is 13.2 Å². The quantitative estimate of drug-likeness (QED) is 0.319. The van der Waals surface area contributed by atoms with Crippen LogP contribution in [0.2, 0.25) is 0 Å². The molecule has 0 spiro atoms. The van der Waals surface area contributed by atoms with Gasteiger partial charge >= 0.3 is 5.97 Å². The fourth-order valence-electron chi connectivity index (χ4n) is 0.683. The molecule has 0 aromatic heterocycles. The predicted molar refractivity (Wildman–Crippen MR) is 62.8 cm³/mol. The predicted octanol–water partition coefficient (Wildman–Crippen LogP) is 3.36. The number of hydrogen-bond acceptors (Lipinski definition) is 2. The third kappa shape index (κ3) is 6.27. The Balaban J connectivity index is 0.000000583. The van der Waals surface area contributed by atoms with Gasteiger partial charge in [-0.15, -0.1) is 6.58 Å². The van der Waals surface area contributed by atoms with Gasteiger partial charge in [0.2, 0.25) is 0 Å². The van der Waals surface area contributed by atoms with Crippen molar-refractivity contribution in [3.05, 3.63) is 55.1 Å². The SMILES string of the molecule is C=C(C)C(=O)Oc1ccccc1.C=CC. The Morgan fingerprint density at radius 1 is 1.33 bits per heavy atom. The number of allylic oxidation sites excluding steroid dienone is 1. The van der Waals surface area contributed by atoms with Crippen LogP contribution >= 0.6 is 0 Å². The van der Waals surface area contributed by atoms with Crippen molar-refractivity contribution >= 4 is 5.97 Å². The van der Waals surface area contributed by atoms with Crippen LogP contribution in [0.4, 0.5) is 0 Å². The Morgan fingerprint density at radius 2 is 1.80 bits per heavy atom. The second-order valence-corrected chi connectivity index (χ2v) is 2.89. The van der Waals surface area contributed by atoms with Crippen LogP contribution in [-0.4, -0.2) is 5.97 Å². The highest BCUT2D eigenvalue weighted by Crippen LogP contribution is 2.09. The molecular formula is C13H16O2. The van der Waals surface area contributed by atoms with Crippen molar-refractivity contribution in [3.8, 4) is 5.75 Å². The number of benzene rings is 1. The number of rotatable bonds is 2. The Labute approximate surface area is 90.9 Å². The van der Waals surface area contributed by atoms with Crippen LogP contribution < -0.4 is 4.74 Å². The molecule has 0 aliphatic heterocycles. The van der Waals surface area contributed by atoms with Gasteiger partial charge in [0.15, 0.2) is 0 Å². The van der Waals surface area contributed by atoms with Crippen molar-refractivity contribution in [1.29, 1.82) is 0 Å². The highest BCUT2D eigenvalue weighted by molar-refractivity contribution is 5.88. The van der Waals surface area contributed by atoms with Crippen molar-refractivity contribution in [2.75, 3.05) is 0 Å². The summed E-state index contributed by atoms with van der Waals surface area (Å²) < 4.78 is 4.94. The van der Waals surface area contributed by atoms with E-state index in [1.807, 2.05) is 13.0 Å². The molecule has 0 N–H and O–H groups in total. The van der Waals surface area contributed by atoms with Gasteiger partial charge in [-0.2, -0.15) is 0 Å². The fourth-order valence-corrected chi connectivity index (χ4v) is 0.683. The first kappa shape index (κ1) is 13.2. The number of ether oxygens (including phenoxy) is 1. The van der Waals surface area contributed by atoms with Crippen molar-refractivity contribution in [2.45, 2.75) is 13.8 Å². The van der Waals surface area contributed by atoms with Crippen LogP contribution in [0.15, 0.2) is 55.1 Å². The number of carbonyl (C=O) groups is 1. The molecule has 0 saturated heterocycles. The van der Waals surface area contributed by atoms with Gasteiger partial charge in [0, 0.05) is 5.57 Å². The fraction of sp³-hybridized carbons (Fsp3) is 0.154. The lowest BCUT2D eigenvalue weighted by molar-refractivity contribution is -0.130. The molecule has 0 radical (unpaired) electrons. The molecule has 0 amide bonds. The van der Waals surface area contributed by atoms with E-state index in [9.17, 15) is 4.79 Å². The van der Waals surface area contributed by atoms with Crippen molar-refractivity contribution in [3.63, 3.8) is 0 Å². The van der Waals surface area contributed by atoms with Crippen LogP contribution in [0.1, 0.15) is 13.8 Å². The Kier molecular flexibility index (Phi) is 6.64. The highest BCUT2D eigenvalue weighted by Gasteiger charge is 2.03. The van der Waals surface area contributed by atoms with Gasteiger partial charge in [-0.05, 0) is 26.0 Å². The molecule has 2 heteroatoms. The zero-order valence-corrected chi connectivity index (χ0v) is 9.19. The van der Waals surface area contributed by atoms with Crippen LogP contribution in [0.5, 0.6) is 5.75 Å². The third-order valence-electron chi connectivity index (χ3n) is 1.30. The third-order valence-corrected chi connectivity index (χ3v) is 1.30. The molecule has 1 aromatic carbocycles. The average Bonchev–Trinajstić information content (AvgIpc) is 2.20. The molecule has 15 heavy (non-hydrogen) atoms. The van der Waals surface area contributed by atoms with E-state index in [1.165, 1.54) is 0 Å². The number of hydrogen-bond donors (Lipinski definition) is 0. The van der Waals surface area contributed by atoms with Gasteiger partial charge in [0.25, 0.3) is 0 Å². The van der Waals surface area contributed by atoms with Crippen molar-refractivity contribution in [1.82, 2.24) is 0 Å². The number of esters is 1. The van der Waals surface area contributed by atoms with Gasteiger partial charge in [-0.1, -0.05) is 30.9 Å². The molecule has 1 aromatic rings. The summed E-state index contributed by atoms with van der Waals surface area (Å²) in [6, 6.07) is 8.92. The molecule has 0 unspecified atom stereocenters. The molecular weight excluding hydrogens is 188 g/mol. The van der Waals surface area contributed by atoms with E-state index in [0.29, 0.717) is 11.3 Å². The molecule has 0 saturated carbocycles. The maximum absolute atomic E-state index is 11.0. The standard InChI is InChI=1S/C10H10O2.C3H6/c1-8(2)10(11)12-9-6-4-3-5-7-9;1-3-2/h3-7H,1H2,2H3;3H,1H2,2H3. The molecule has 0 aliphatic carbocycles. The number of para-hydroxylation sites is 1. The van der Waals surface area contributed by atoms with Gasteiger partial charge in [-0.25, -0.2) is 4.79 Å². The minimum atomic E-state index is -0.388. The van der Waals surface area contributed by atoms with Crippen LogP contribution in [0, 0.1) is 0 Å². The van der Waals surface area contributed by atoms with Gasteiger partial charge in [-0.3, -0.25) is 0 Å². The topological polar surface area (TPSA) is 26.3 Å². The lowest BCUT2D eigenvalue weighted by atomic mass is 10.3. The van der Waals surface area contributed by atoms with E-state index >= 15 is 0 Å². The molecule has 0 fully saturated rings. The van der Waals surface area contributed by atoms with E-state index in [4.69, 9.17) is 4.74 Å². The van der Waals surface area contributed by atoms with Crippen molar-refractivity contribution in [2.24, 2.45) is 0 Å². The van der Waals surface area contributed by atoms with Gasteiger partial charge < -0.3 is 4.74 Å². The maximum atomic E-state index is 11.0.